The molecule has 1 heterocycles. The lowest BCUT2D eigenvalue weighted by atomic mass is 9.97. The number of hydrogen-bond acceptors (Lipinski definition) is 5. The Morgan fingerprint density at radius 2 is 1.74 bits per heavy atom. The van der Waals surface area contributed by atoms with Crippen molar-refractivity contribution in [3.63, 3.8) is 0 Å². The molecule has 0 radical (unpaired) electrons. The first-order valence-electron chi connectivity index (χ1n) is 11.3. The summed E-state index contributed by atoms with van der Waals surface area (Å²) in [5.41, 5.74) is 0.716. The van der Waals surface area contributed by atoms with Crippen molar-refractivity contribution < 1.29 is 31.1 Å². The Hall–Kier alpha value is -2.30. The molecule has 1 saturated heterocycles. The second-order valence-corrected chi connectivity index (χ2v) is 11.4. The van der Waals surface area contributed by atoms with Gasteiger partial charge < -0.3 is 4.74 Å². The van der Waals surface area contributed by atoms with Crippen LogP contribution in [0.3, 0.4) is 0 Å². The Morgan fingerprint density at radius 3 is 2.37 bits per heavy atom. The van der Waals surface area contributed by atoms with E-state index in [0.29, 0.717) is 43.1 Å². The Morgan fingerprint density at radius 1 is 1.06 bits per heavy atom. The third-order valence-corrected chi connectivity index (χ3v) is 7.15. The van der Waals surface area contributed by atoms with Gasteiger partial charge in [-0.15, -0.1) is 0 Å². The standard InChI is InChI=1S/C24H26ClF3N2O4S/c1-35(32,33)29-24(31)18-9-17(15-2-3-15)23(11-21(18)27)34-13-14-4-6-30(7-5-14)12-16-8-19(25)22(28)10-20(16)26/h8-11,14-15H,2-7,12-13H2,1H3,(H,29,31). The van der Waals surface area contributed by atoms with E-state index in [0.717, 1.165) is 44.1 Å². The summed E-state index contributed by atoms with van der Waals surface area (Å²) in [5.74, 6) is -2.54. The van der Waals surface area contributed by atoms with Gasteiger partial charge in [-0.05, 0) is 68.3 Å². The van der Waals surface area contributed by atoms with E-state index in [2.05, 4.69) is 4.90 Å². The Kier molecular flexibility index (Phi) is 7.63. The molecular formula is C24H26ClF3N2O4S. The molecule has 190 valence electrons. The largest absolute Gasteiger partial charge is 0.493 e. The number of piperidine rings is 1. The second-order valence-electron chi connectivity index (χ2n) is 9.24. The van der Waals surface area contributed by atoms with E-state index in [9.17, 15) is 26.4 Å². The first-order chi connectivity index (χ1) is 16.5. The van der Waals surface area contributed by atoms with E-state index in [-0.39, 0.29) is 22.4 Å². The maximum absolute atomic E-state index is 14.6. The lowest BCUT2D eigenvalue weighted by Gasteiger charge is -2.32. The average molecular weight is 531 g/mol. The molecule has 0 bridgehead atoms. The third kappa shape index (κ3) is 6.68. The molecule has 0 spiro atoms. The van der Waals surface area contributed by atoms with E-state index in [1.54, 1.807) is 4.72 Å². The minimum Gasteiger partial charge on any atom is -0.493 e. The highest BCUT2D eigenvalue weighted by Crippen LogP contribution is 2.45. The first kappa shape index (κ1) is 25.8. The van der Waals surface area contributed by atoms with Crippen LogP contribution in [0, 0.1) is 23.4 Å². The smallest absolute Gasteiger partial charge is 0.267 e. The van der Waals surface area contributed by atoms with Crippen LogP contribution in [0.1, 0.15) is 53.1 Å². The number of ether oxygens (including phenoxy) is 1. The van der Waals surface area contributed by atoms with Crippen LogP contribution >= 0.6 is 11.6 Å². The predicted octanol–water partition coefficient (Wildman–Crippen LogP) is 4.62. The summed E-state index contributed by atoms with van der Waals surface area (Å²) in [6.45, 7) is 2.07. The molecule has 1 N–H and O–H groups in total. The van der Waals surface area contributed by atoms with Crippen LogP contribution in [-0.4, -0.2) is 45.2 Å². The van der Waals surface area contributed by atoms with Crippen molar-refractivity contribution in [1.82, 2.24) is 9.62 Å². The normalized spacial score (nSPS) is 17.4. The third-order valence-electron chi connectivity index (χ3n) is 6.30. The van der Waals surface area contributed by atoms with E-state index >= 15 is 0 Å². The highest BCUT2D eigenvalue weighted by atomic mass is 35.5. The summed E-state index contributed by atoms with van der Waals surface area (Å²) in [6, 6.07) is 4.65. The summed E-state index contributed by atoms with van der Waals surface area (Å²) < 4.78 is 72.5. The number of hydrogen-bond donors (Lipinski definition) is 1. The number of likely N-dealkylation sites (tertiary alicyclic amines) is 1. The van der Waals surface area contributed by atoms with E-state index in [1.807, 2.05) is 0 Å². The molecule has 1 saturated carbocycles. The van der Waals surface area contributed by atoms with Crippen LogP contribution in [0.15, 0.2) is 24.3 Å². The Balaban J connectivity index is 1.36. The zero-order chi connectivity index (χ0) is 25.3. The number of nitrogens with zero attached hydrogens (tertiary/aromatic N) is 1. The van der Waals surface area contributed by atoms with Gasteiger partial charge in [-0.1, -0.05) is 11.6 Å². The van der Waals surface area contributed by atoms with Gasteiger partial charge in [0.15, 0.2) is 0 Å². The number of rotatable bonds is 8. The van der Waals surface area contributed by atoms with Gasteiger partial charge in [0.05, 0.1) is 23.4 Å². The Bertz CT molecular complexity index is 1230. The molecule has 2 aromatic carbocycles. The van der Waals surface area contributed by atoms with Gasteiger partial charge in [0, 0.05) is 24.2 Å². The monoisotopic (exact) mass is 530 g/mol. The fraction of sp³-hybridized carbons (Fsp3) is 0.458. The van der Waals surface area contributed by atoms with Crippen molar-refractivity contribution in [2.45, 2.75) is 38.1 Å². The number of nitrogens with one attached hydrogen (secondary N) is 1. The number of carbonyl (C=O) groups is 1. The van der Waals surface area contributed by atoms with Crippen LogP contribution in [-0.2, 0) is 16.6 Å². The maximum atomic E-state index is 14.6. The minimum atomic E-state index is -3.82. The van der Waals surface area contributed by atoms with Crippen molar-refractivity contribution in [2.24, 2.45) is 5.92 Å². The molecule has 1 aliphatic carbocycles. The number of sulfonamides is 1. The molecule has 1 amide bonds. The van der Waals surface area contributed by atoms with Gasteiger partial charge in [0.1, 0.15) is 23.2 Å². The van der Waals surface area contributed by atoms with Gasteiger partial charge in [-0.2, -0.15) is 0 Å². The molecule has 11 heteroatoms. The number of amides is 1. The average Bonchev–Trinajstić information content (AvgIpc) is 3.61. The van der Waals surface area contributed by atoms with Gasteiger partial charge in [-0.25, -0.2) is 26.3 Å². The van der Waals surface area contributed by atoms with Crippen molar-refractivity contribution in [2.75, 3.05) is 26.0 Å². The van der Waals surface area contributed by atoms with E-state index in [4.69, 9.17) is 16.3 Å². The van der Waals surface area contributed by atoms with Crippen molar-refractivity contribution in [3.8, 4) is 5.75 Å². The highest BCUT2D eigenvalue weighted by molar-refractivity contribution is 7.89. The van der Waals surface area contributed by atoms with Crippen LogP contribution in [0.5, 0.6) is 5.75 Å². The molecule has 35 heavy (non-hydrogen) atoms. The zero-order valence-electron chi connectivity index (χ0n) is 19.1. The van der Waals surface area contributed by atoms with Crippen molar-refractivity contribution in [3.05, 3.63) is 63.4 Å². The van der Waals surface area contributed by atoms with E-state index < -0.39 is 33.4 Å². The predicted molar refractivity (Wildman–Crippen MR) is 126 cm³/mol. The quantitative estimate of drug-likeness (QED) is 0.504. The molecule has 0 atom stereocenters. The van der Waals surface area contributed by atoms with Crippen LogP contribution in [0.2, 0.25) is 5.02 Å². The molecule has 0 unspecified atom stereocenters. The lowest BCUT2D eigenvalue weighted by Crippen LogP contribution is -2.35. The first-order valence-corrected chi connectivity index (χ1v) is 13.6. The second kappa shape index (κ2) is 10.4. The summed E-state index contributed by atoms with van der Waals surface area (Å²) in [7, 11) is -3.82. The number of benzene rings is 2. The summed E-state index contributed by atoms with van der Waals surface area (Å²) in [6.07, 6.45) is 4.17. The zero-order valence-corrected chi connectivity index (χ0v) is 20.7. The fourth-order valence-electron chi connectivity index (χ4n) is 4.25. The molecule has 1 aliphatic heterocycles. The molecule has 2 aliphatic rings. The molecule has 2 aromatic rings. The maximum Gasteiger partial charge on any atom is 0.267 e. The SMILES string of the molecule is CS(=O)(=O)NC(=O)c1cc(C2CC2)c(OCC2CCN(Cc3cc(Cl)c(F)cc3F)CC2)cc1F. The van der Waals surface area contributed by atoms with Gasteiger partial charge in [0.2, 0.25) is 10.0 Å². The summed E-state index contributed by atoms with van der Waals surface area (Å²) >= 11 is 5.78. The molecule has 2 fully saturated rings. The summed E-state index contributed by atoms with van der Waals surface area (Å²) in [4.78, 5) is 14.2. The van der Waals surface area contributed by atoms with Crippen LogP contribution in [0.4, 0.5) is 13.2 Å². The minimum absolute atomic E-state index is 0.108. The van der Waals surface area contributed by atoms with Crippen molar-refractivity contribution >= 4 is 27.5 Å². The van der Waals surface area contributed by atoms with Crippen LogP contribution < -0.4 is 9.46 Å². The summed E-state index contributed by atoms with van der Waals surface area (Å²) in [5, 5.41) is -0.108. The molecule has 4 rings (SSSR count). The molecular weight excluding hydrogens is 505 g/mol. The van der Waals surface area contributed by atoms with Gasteiger partial charge in [-0.3, -0.25) is 9.69 Å². The fourth-order valence-corrected chi connectivity index (χ4v) is 4.89. The van der Waals surface area contributed by atoms with Crippen LogP contribution in [0.25, 0.3) is 0 Å². The highest BCUT2D eigenvalue weighted by Gasteiger charge is 2.30. The van der Waals surface area contributed by atoms with Gasteiger partial charge in [0.25, 0.3) is 5.91 Å². The lowest BCUT2D eigenvalue weighted by molar-refractivity contribution is 0.0977. The topological polar surface area (TPSA) is 75.7 Å². The Labute approximate surface area is 207 Å². The molecule has 6 nitrogen and oxygen atoms in total. The van der Waals surface area contributed by atoms with Gasteiger partial charge >= 0.3 is 0 Å². The van der Waals surface area contributed by atoms with Crippen molar-refractivity contribution in [1.29, 1.82) is 0 Å². The molecule has 0 aromatic heterocycles. The number of carbonyl (C=O) groups excluding carboxylic acids is 1. The van der Waals surface area contributed by atoms with E-state index in [1.165, 1.54) is 12.1 Å². The number of halogens is 4.